The molecule has 0 amide bonds. The Hall–Kier alpha value is -3.86. The highest BCUT2D eigenvalue weighted by atomic mass is 19.1. The Kier molecular flexibility index (Phi) is 7.40. The van der Waals surface area contributed by atoms with Crippen LogP contribution in [-0.2, 0) is 4.74 Å². The Labute approximate surface area is 214 Å². The van der Waals surface area contributed by atoms with Gasteiger partial charge in [0.1, 0.15) is 30.1 Å². The van der Waals surface area contributed by atoms with Gasteiger partial charge in [-0.2, -0.15) is 4.98 Å². The second kappa shape index (κ2) is 11.0. The third kappa shape index (κ3) is 5.61. The first-order valence-corrected chi connectivity index (χ1v) is 12.2. The first kappa shape index (κ1) is 24.8. The Bertz CT molecular complexity index is 1390. The lowest BCUT2D eigenvalue weighted by Crippen LogP contribution is -2.34. The van der Waals surface area contributed by atoms with E-state index in [1.807, 2.05) is 49.3 Å². The Morgan fingerprint density at radius 1 is 1.16 bits per heavy atom. The molecule has 4 N–H and O–H groups in total. The Morgan fingerprint density at radius 2 is 2.05 bits per heavy atom. The van der Waals surface area contributed by atoms with Crippen molar-refractivity contribution in [2.24, 2.45) is 0 Å². The fraction of sp³-hybridized carbons (Fsp3) is 0.296. The highest BCUT2D eigenvalue weighted by Crippen LogP contribution is 2.35. The van der Waals surface area contributed by atoms with Gasteiger partial charge in [-0.05, 0) is 50.5 Å². The molecule has 0 spiro atoms. The third-order valence-corrected chi connectivity index (χ3v) is 6.11. The van der Waals surface area contributed by atoms with Crippen LogP contribution >= 0.6 is 0 Å². The molecule has 2 aromatic heterocycles. The van der Waals surface area contributed by atoms with E-state index in [1.54, 1.807) is 18.3 Å². The molecule has 10 heteroatoms. The van der Waals surface area contributed by atoms with Crippen LogP contribution in [0.1, 0.15) is 11.8 Å². The van der Waals surface area contributed by atoms with Crippen LogP contribution in [0.2, 0.25) is 0 Å². The molecule has 5 rings (SSSR count). The van der Waals surface area contributed by atoms with Crippen molar-refractivity contribution in [1.29, 1.82) is 0 Å². The molecule has 9 nitrogen and oxygen atoms in total. The van der Waals surface area contributed by atoms with E-state index < -0.39 is 0 Å². The van der Waals surface area contributed by atoms with Gasteiger partial charge in [0.05, 0.1) is 23.5 Å². The quantitative estimate of drug-likeness (QED) is 0.331. The molecule has 0 bridgehead atoms. The average molecular weight is 504 g/mol. The van der Waals surface area contributed by atoms with Gasteiger partial charge in [-0.3, -0.25) is 4.98 Å². The molecule has 0 radical (unpaired) electrons. The fourth-order valence-corrected chi connectivity index (χ4v) is 4.24. The summed E-state index contributed by atoms with van der Waals surface area (Å²) < 4.78 is 26.8. The lowest BCUT2D eigenvalue weighted by atomic mass is 10.0. The number of para-hydroxylation sites is 1. The summed E-state index contributed by atoms with van der Waals surface area (Å²) in [5, 5.41) is 7.20. The van der Waals surface area contributed by atoms with E-state index in [-0.39, 0.29) is 23.7 Å². The molecule has 1 aliphatic heterocycles. The van der Waals surface area contributed by atoms with Crippen molar-refractivity contribution in [3.8, 4) is 16.9 Å². The number of ether oxygens (including phenoxy) is 2. The number of aromatic nitrogens is 3. The largest absolute Gasteiger partial charge is 0.492 e. The predicted octanol–water partition coefficient (Wildman–Crippen LogP) is 3.76. The summed E-state index contributed by atoms with van der Waals surface area (Å²) in [7, 11) is 3.94. The van der Waals surface area contributed by atoms with Crippen LogP contribution in [0.3, 0.4) is 0 Å². The monoisotopic (exact) mass is 503 g/mol. The van der Waals surface area contributed by atoms with Crippen LogP contribution in [0, 0.1) is 5.82 Å². The summed E-state index contributed by atoms with van der Waals surface area (Å²) >= 11 is 0. The van der Waals surface area contributed by atoms with E-state index in [0.717, 1.165) is 24.5 Å². The van der Waals surface area contributed by atoms with E-state index in [0.29, 0.717) is 47.5 Å². The fourth-order valence-electron chi connectivity index (χ4n) is 4.24. The van der Waals surface area contributed by atoms with Crippen LogP contribution < -0.4 is 21.1 Å². The second-order valence-electron chi connectivity index (χ2n) is 9.05. The summed E-state index contributed by atoms with van der Waals surface area (Å²) in [6, 6.07) is 13.9. The molecule has 2 aromatic carbocycles. The van der Waals surface area contributed by atoms with Crippen LogP contribution in [0.4, 0.5) is 21.8 Å². The number of benzene rings is 2. The molecule has 4 aromatic rings. The number of nitrogens with one attached hydrogen (secondary N) is 2. The molecule has 0 aliphatic carbocycles. The van der Waals surface area contributed by atoms with Crippen molar-refractivity contribution >= 4 is 28.4 Å². The summed E-state index contributed by atoms with van der Waals surface area (Å²) in [6.07, 6.45) is 1.53. The van der Waals surface area contributed by atoms with Crippen LogP contribution in [0.5, 0.6) is 5.75 Å². The number of fused-ring (bicyclic) bond motifs is 1. The Morgan fingerprint density at radius 3 is 2.86 bits per heavy atom. The predicted molar refractivity (Wildman–Crippen MR) is 142 cm³/mol. The number of likely N-dealkylation sites (N-methyl/N-ethyl adjacent to an activating group) is 1. The van der Waals surface area contributed by atoms with Crippen LogP contribution in [0.25, 0.3) is 22.0 Å². The zero-order valence-electron chi connectivity index (χ0n) is 20.9. The minimum Gasteiger partial charge on any atom is -0.492 e. The van der Waals surface area contributed by atoms with Crippen molar-refractivity contribution in [3.63, 3.8) is 0 Å². The molecular weight excluding hydrogens is 473 g/mol. The van der Waals surface area contributed by atoms with E-state index >= 15 is 4.39 Å². The van der Waals surface area contributed by atoms with Gasteiger partial charge >= 0.3 is 0 Å². The number of nitrogens with zero attached hydrogens (tertiary/aromatic N) is 4. The van der Waals surface area contributed by atoms with Gasteiger partial charge in [0.15, 0.2) is 0 Å². The molecule has 1 aliphatic rings. The summed E-state index contributed by atoms with van der Waals surface area (Å²) in [5.74, 6) is 0.774. The number of nitrogens with two attached hydrogens (primary N) is 1. The highest BCUT2D eigenvalue weighted by Gasteiger charge is 2.21. The van der Waals surface area contributed by atoms with E-state index in [1.165, 1.54) is 6.07 Å². The maximum absolute atomic E-state index is 15.1. The number of nitrogen functional groups attached to an aromatic ring is 1. The number of halogens is 1. The Balaban J connectivity index is 1.51. The van der Waals surface area contributed by atoms with E-state index in [4.69, 9.17) is 20.2 Å². The smallest absolute Gasteiger partial charge is 0.229 e. The van der Waals surface area contributed by atoms with Crippen LogP contribution in [-0.4, -0.2) is 66.8 Å². The van der Waals surface area contributed by atoms with E-state index in [9.17, 15) is 0 Å². The second-order valence-corrected chi connectivity index (χ2v) is 9.05. The number of morpholine rings is 1. The normalized spacial score (nSPS) is 15.7. The first-order chi connectivity index (χ1) is 18.0. The van der Waals surface area contributed by atoms with E-state index in [2.05, 4.69) is 20.6 Å². The SMILES string of the molecule is CN(C)CCOc1ccc(F)c(-c2cccc3c(N)nc(Nc4cccnc4C4CNCCO4)nc23)c1. The van der Waals surface area contributed by atoms with Crippen molar-refractivity contribution in [3.05, 3.63) is 66.2 Å². The van der Waals surface area contributed by atoms with Gasteiger partial charge in [0, 0.05) is 42.3 Å². The van der Waals surface area contributed by atoms with Crippen molar-refractivity contribution < 1.29 is 13.9 Å². The topological polar surface area (TPSA) is 110 Å². The summed E-state index contributed by atoms with van der Waals surface area (Å²) in [5.41, 5.74) is 9.30. The number of rotatable bonds is 8. The maximum Gasteiger partial charge on any atom is 0.229 e. The molecule has 192 valence electrons. The van der Waals surface area contributed by atoms with Crippen molar-refractivity contribution in [1.82, 2.24) is 25.2 Å². The zero-order chi connectivity index (χ0) is 25.8. The minimum absolute atomic E-state index is 0.199. The number of hydrogen-bond donors (Lipinski definition) is 3. The number of hydrogen-bond acceptors (Lipinski definition) is 9. The molecule has 1 fully saturated rings. The van der Waals surface area contributed by atoms with Crippen LogP contribution in [0.15, 0.2) is 54.7 Å². The van der Waals surface area contributed by atoms with Crippen molar-refractivity contribution in [2.75, 3.05) is 58.0 Å². The molecular formula is C27H30FN7O2. The summed E-state index contributed by atoms with van der Waals surface area (Å²) in [4.78, 5) is 15.8. The number of anilines is 3. The molecule has 1 saturated heterocycles. The first-order valence-electron chi connectivity index (χ1n) is 12.2. The summed E-state index contributed by atoms with van der Waals surface area (Å²) in [6.45, 7) is 3.30. The third-order valence-electron chi connectivity index (χ3n) is 6.11. The molecule has 1 atom stereocenters. The highest BCUT2D eigenvalue weighted by molar-refractivity contribution is 5.99. The molecule has 3 heterocycles. The van der Waals surface area contributed by atoms with Gasteiger partial charge in [-0.25, -0.2) is 9.37 Å². The van der Waals surface area contributed by atoms with Gasteiger partial charge in [0.2, 0.25) is 5.95 Å². The van der Waals surface area contributed by atoms with Gasteiger partial charge in [-0.1, -0.05) is 12.1 Å². The standard InChI is InChI=1S/C27H30FN7O2/c1-35(2)12-14-36-17-8-9-21(28)20(15-17)18-5-3-6-19-24(18)33-27(34-26(19)29)32-22-7-4-10-31-25(22)23-16-30-11-13-37-23/h3-10,15,23,30H,11-14,16H2,1-2H3,(H3,29,32,33,34). The minimum atomic E-state index is -0.379. The van der Waals surface area contributed by atoms with Gasteiger partial charge in [-0.15, -0.1) is 0 Å². The number of pyridine rings is 1. The van der Waals surface area contributed by atoms with Crippen molar-refractivity contribution in [2.45, 2.75) is 6.10 Å². The van der Waals surface area contributed by atoms with Gasteiger partial charge < -0.3 is 30.7 Å². The zero-order valence-corrected chi connectivity index (χ0v) is 20.9. The molecule has 37 heavy (non-hydrogen) atoms. The average Bonchev–Trinajstić information content (AvgIpc) is 2.90. The van der Waals surface area contributed by atoms with Gasteiger partial charge in [0.25, 0.3) is 0 Å². The molecule has 1 unspecified atom stereocenters. The maximum atomic E-state index is 15.1. The lowest BCUT2D eigenvalue weighted by molar-refractivity contribution is 0.0255. The lowest BCUT2D eigenvalue weighted by Gasteiger charge is -2.24. The molecule has 0 saturated carbocycles.